The standard InChI is InChI=1S/C15H20FNO2S/c1-10(18)8-12-4-3-7-17(12)15(19)11-5-6-13(16)14(9-11)20-2/h5-6,9-10,12,18H,3-4,7-8H2,1-2H3. The molecule has 3 nitrogen and oxygen atoms in total. The van der Waals surface area contributed by atoms with Crippen LogP contribution in [0.3, 0.4) is 0 Å². The Morgan fingerprint density at radius 2 is 2.35 bits per heavy atom. The molecule has 0 saturated carbocycles. The van der Waals surface area contributed by atoms with E-state index in [0.717, 1.165) is 12.8 Å². The lowest BCUT2D eigenvalue weighted by Crippen LogP contribution is -2.37. The number of halogens is 1. The van der Waals surface area contributed by atoms with Gasteiger partial charge in [0.2, 0.25) is 0 Å². The summed E-state index contributed by atoms with van der Waals surface area (Å²) in [6, 6.07) is 4.58. The molecule has 2 rings (SSSR count). The molecule has 1 aromatic carbocycles. The van der Waals surface area contributed by atoms with Crippen LogP contribution in [0.25, 0.3) is 0 Å². The Morgan fingerprint density at radius 3 is 3.00 bits per heavy atom. The summed E-state index contributed by atoms with van der Waals surface area (Å²) in [6.45, 7) is 2.45. The summed E-state index contributed by atoms with van der Waals surface area (Å²) in [5.41, 5.74) is 0.522. The number of carbonyl (C=O) groups excluding carboxylic acids is 1. The molecule has 2 atom stereocenters. The molecule has 0 aromatic heterocycles. The summed E-state index contributed by atoms with van der Waals surface area (Å²) in [5, 5.41) is 9.51. The van der Waals surface area contributed by atoms with Crippen LogP contribution in [0.1, 0.15) is 36.5 Å². The topological polar surface area (TPSA) is 40.5 Å². The van der Waals surface area contributed by atoms with Crippen LogP contribution in [0.2, 0.25) is 0 Å². The van der Waals surface area contributed by atoms with Gasteiger partial charge in [0.1, 0.15) is 5.82 Å². The molecule has 1 aromatic rings. The lowest BCUT2D eigenvalue weighted by atomic mass is 10.1. The van der Waals surface area contributed by atoms with Crippen molar-refractivity contribution in [2.75, 3.05) is 12.8 Å². The highest BCUT2D eigenvalue weighted by molar-refractivity contribution is 7.98. The van der Waals surface area contributed by atoms with Crippen molar-refractivity contribution in [1.82, 2.24) is 4.90 Å². The molecule has 20 heavy (non-hydrogen) atoms. The van der Waals surface area contributed by atoms with Crippen LogP contribution in [0.4, 0.5) is 4.39 Å². The molecule has 0 bridgehead atoms. The smallest absolute Gasteiger partial charge is 0.254 e. The summed E-state index contributed by atoms with van der Waals surface area (Å²) >= 11 is 1.30. The van der Waals surface area contributed by atoms with Crippen LogP contribution in [0.15, 0.2) is 23.1 Å². The summed E-state index contributed by atoms with van der Waals surface area (Å²) in [6.07, 6.45) is 3.86. The van der Waals surface area contributed by atoms with Crippen LogP contribution < -0.4 is 0 Å². The predicted molar refractivity (Wildman–Crippen MR) is 78.5 cm³/mol. The molecule has 1 N–H and O–H groups in total. The molecule has 1 aliphatic heterocycles. The first-order valence-corrected chi connectivity index (χ1v) is 8.08. The van der Waals surface area contributed by atoms with E-state index in [-0.39, 0.29) is 17.8 Å². The molecule has 110 valence electrons. The van der Waals surface area contributed by atoms with Gasteiger partial charge in [-0.25, -0.2) is 4.39 Å². The average Bonchev–Trinajstić information content (AvgIpc) is 2.85. The number of aliphatic hydroxyl groups is 1. The minimum atomic E-state index is -0.414. The first-order chi connectivity index (χ1) is 9.52. The van der Waals surface area contributed by atoms with E-state index in [1.165, 1.54) is 23.9 Å². The number of carbonyl (C=O) groups is 1. The van der Waals surface area contributed by atoms with E-state index in [4.69, 9.17) is 0 Å². The van der Waals surface area contributed by atoms with E-state index in [0.29, 0.717) is 23.4 Å². The van der Waals surface area contributed by atoms with Gasteiger partial charge in [0, 0.05) is 23.0 Å². The number of hydrogen-bond donors (Lipinski definition) is 1. The van der Waals surface area contributed by atoms with Crippen molar-refractivity contribution in [2.24, 2.45) is 0 Å². The van der Waals surface area contributed by atoms with Crippen molar-refractivity contribution in [2.45, 2.75) is 43.2 Å². The van der Waals surface area contributed by atoms with Gasteiger partial charge in [0.25, 0.3) is 5.91 Å². The van der Waals surface area contributed by atoms with Crippen LogP contribution in [-0.4, -0.2) is 40.9 Å². The molecule has 0 aliphatic carbocycles. The Kier molecular flexibility index (Phi) is 5.05. The third-order valence-corrected chi connectivity index (χ3v) is 4.40. The van der Waals surface area contributed by atoms with E-state index in [1.54, 1.807) is 19.2 Å². The number of nitrogens with zero attached hydrogens (tertiary/aromatic N) is 1. The van der Waals surface area contributed by atoms with Crippen LogP contribution >= 0.6 is 11.8 Å². The number of rotatable bonds is 4. The van der Waals surface area contributed by atoms with Crippen molar-refractivity contribution in [3.05, 3.63) is 29.6 Å². The number of hydrogen-bond acceptors (Lipinski definition) is 3. The molecule has 2 unspecified atom stereocenters. The quantitative estimate of drug-likeness (QED) is 0.869. The summed E-state index contributed by atoms with van der Waals surface area (Å²) in [4.78, 5) is 14.8. The van der Waals surface area contributed by atoms with Gasteiger partial charge in [0.05, 0.1) is 6.10 Å². The number of thioether (sulfide) groups is 1. The fourth-order valence-electron chi connectivity index (χ4n) is 2.70. The van der Waals surface area contributed by atoms with Crippen molar-refractivity contribution in [3.8, 4) is 0 Å². The minimum Gasteiger partial charge on any atom is -0.393 e. The lowest BCUT2D eigenvalue weighted by molar-refractivity contribution is 0.0681. The van der Waals surface area contributed by atoms with Gasteiger partial charge in [-0.05, 0) is 50.6 Å². The van der Waals surface area contributed by atoms with E-state index in [9.17, 15) is 14.3 Å². The monoisotopic (exact) mass is 297 g/mol. The molecule has 1 fully saturated rings. The third-order valence-electron chi connectivity index (χ3n) is 3.65. The molecule has 0 spiro atoms. The minimum absolute atomic E-state index is 0.0662. The zero-order valence-electron chi connectivity index (χ0n) is 11.8. The number of aliphatic hydroxyl groups excluding tert-OH is 1. The summed E-state index contributed by atoms with van der Waals surface area (Å²) < 4.78 is 13.5. The Balaban J connectivity index is 2.18. The fourth-order valence-corrected chi connectivity index (χ4v) is 3.21. The Bertz CT molecular complexity index is 493. The van der Waals surface area contributed by atoms with Gasteiger partial charge >= 0.3 is 0 Å². The van der Waals surface area contributed by atoms with Gasteiger partial charge in [-0.1, -0.05) is 0 Å². The van der Waals surface area contributed by atoms with Crippen molar-refractivity contribution < 1.29 is 14.3 Å². The normalized spacial score (nSPS) is 20.2. The zero-order valence-corrected chi connectivity index (χ0v) is 12.6. The van der Waals surface area contributed by atoms with Gasteiger partial charge in [-0.15, -0.1) is 11.8 Å². The van der Waals surface area contributed by atoms with E-state index < -0.39 is 6.10 Å². The number of likely N-dealkylation sites (tertiary alicyclic amines) is 1. The highest BCUT2D eigenvalue weighted by Crippen LogP contribution is 2.26. The second kappa shape index (κ2) is 6.59. The molecular formula is C15H20FNO2S. The number of amides is 1. The van der Waals surface area contributed by atoms with Gasteiger partial charge in [-0.3, -0.25) is 4.79 Å². The Labute approximate surface area is 123 Å². The lowest BCUT2D eigenvalue weighted by Gasteiger charge is -2.26. The molecule has 5 heteroatoms. The van der Waals surface area contributed by atoms with Gasteiger partial charge < -0.3 is 10.0 Å². The molecule has 0 radical (unpaired) electrons. The van der Waals surface area contributed by atoms with E-state index >= 15 is 0 Å². The molecule has 1 aliphatic rings. The first-order valence-electron chi connectivity index (χ1n) is 6.85. The Morgan fingerprint density at radius 1 is 1.60 bits per heavy atom. The average molecular weight is 297 g/mol. The maximum atomic E-state index is 13.5. The Hall–Kier alpha value is -1.07. The number of benzene rings is 1. The summed E-state index contributed by atoms with van der Waals surface area (Å²) in [5.74, 6) is -0.362. The second-order valence-electron chi connectivity index (χ2n) is 5.23. The maximum Gasteiger partial charge on any atom is 0.254 e. The molecular weight excluding hydrogens is 277 g/mol. The molecule has 1 saturated heterocycles. The fraction of sp³-hybridized carbons (Fsp3) is 0.533. The van der Waals surface area contributed by atoms with Crippen LogP contribution in [0.5, 0.6) is 0 Å². The second-order valence-corrected chi connectivity index (χ2v) is 6.08. The largest absolute Gasteiger partial charge is 0.393 e. The first kappa shape index (κ1) is 15.3. The molecule has 1 amide bonds. The zero-order chi connectivity index (χ0) is 14.7. The van der Waals surface area contributed by atoms with Crippen molar-refractivity contribution in [3.63, 3.8) is 0 Å². The maximum absolute atomic E-state index is 13.5. The summed E-state index contributed by atoms with van der Waals surface area (Å²) in [7, 11) is 0. The van der Waals surface area contributed by atoms with Crippen LogP contribution in [-0.2, 0) is 0 Å². The SMILES string of the molecule is CSc1cc(C(=O)N2CCCC2CC(C)O)ccc1F. The van der Waals surface area contributed by atoms with Gasteiger partial charge in [-0.2, -0.15) is 0 Å². The molecule has 1 heterocycles. The van der Waals surface area contributed by atoms with E-state index in [1.807, 2.05) is 4.90 Å². The van der Waals surface area contributed by atoms with Crippen LogP contribution in [0, 0.1) is 5.82 Å². The highest BCUT2D eigenvalue weighted by Gasteiger charge is 2.30. The van der Waals surface area contributed by atoms with Gasteiger partial charge in [0.15, 0.2) is 0 Å². The van der Waals surface area contributed by atoms with E-state index in [2.05, 4.69) is 0 Å². The van der Waals surface area contributed by atoms with Crippen molar-refractivity contribution in [1.29, 1.82) is 0 Å². The predicted octanol–water partition coefficient (Wildman–Crippen LogP) is 2.92. The van der Waals surface area contributed by atoms with Crippen molar-refractivity contribution >= 4 is 17.7 Å². The third kappa shape index (κ3) is 3.33. The highest BCUT2D eigenvalue weighted by atomic mass is 32.2.